The number of rotatable bonds is 7. The number of carbonyl (C=O) groups is 2. The van der Waals surface area contributed by atoms with Crippen LogP contribution in [0.2, 0.25) is 0 Å². The van der Waals surface area contributed by atoms with E-state index in [1.807, 2.05) is 42.5 Å². The zero-order valence-electron chi connectivity index (χ0n) is 18.3. The Morgan fingerprint density at radius 1 is 1.09 bits per heavy atom. The summed E-state index contributed by atoms with van der Waals surface area (Å²) in [6.45, 7) is 0. The van der Waals surface area contributed by atoms with Gasteiger partial charge in [-0.3, -0.25) is 9.59 Å². The topological polar surface area (TPSA) is 110 Å². The van der Waals surface area contributed by atoms with Gasteiger partial charge in [0, 0.05) is 6.42 Å². The highest BCUT2D eigenvalue weighted by molar-refractivity contribution is 8.15. The second-order valence-electron chi connectivity index (χ2n) is 7.39. The van der Waals surface area contributed by atoms with E-state index in [-0.39, 0.29) is 12.5 Å². The minimum absolute atomic E-state index is 0.260. The van der Waals surface area contributed by atoms with Crippen molar-refractivity contribution in [2.45, 2.75) is 24.1 Å². The number of carboxylic acids is 1. The average molecular weight is 470 g/mol. The number of hydrogen-bond acceptors (Lipinski definition) is 8. The summed E-state index contributed by atoms with van der Waals surface area (Å²) < 4.78 is 16.1. The molecule has 0 bridgehead atoms. The van der Waals surface area contributed by atoms with Crippen molar-refractivity contribution >= 4 is 34.5 Å². The number of benzene rings is 2. The number of amides is 1. The molecule has 2 aliphatic heterocycles. The molecule has 2 unspecified atom stereocenters. The molecule has 2 heterocycles. The first-order chi connectivity index (χ1) is 15.9. The molecule has 4 rings (SSSR count). The van der Waals surface area contributed by atoms with Gasteiger partial charge in [-0.1, -0.05) is 17.8 Å². The van der Waals surface area contributed by atoms with Gasteiger partial charge in [0.05, 0.1) is 39.5 Å². The van der Waals surface area contributed by atoms with Crippen LogP contribution in [0.5, 0.6) is 17.2 Å². The van der Waals surface area contributed by atoms with Crippen LogP contribution in [0.15, 0.2) is 52.6 Å². The summed E-state index contributed by atoms with van der Waals surface area (Å²) in [5.41, 5.74) is 2.63. The fraction of sp³-hybridized carbons (Fsp3) is 0.304. The number of hydrogen-bond donors (Lipinski definition) is 1. The van der Waals surface area contributed by atoms with Gasteiger partial charge in [0.1, 0.15) is 11.0 Å². The zero-order chi connectivity index (χ0) is 23.5. The van der Waals surface area contributed by atoms with Crippen molar-refractivity contribution in [3.8, 4) is 17.2 Å². The third-order valence-electron chi connectivity index (χ3n) is 5.41. The van der Waals surface area contributed by atoms with E-state index in [2.05, 4.69) is 4.99 Å². The average Bonchev–Trinajstić information content (AvgIpc) is 3.42. The van der Waals surface area contributed by atoms with E-state index in [9.17, 15) is 9.59 Å². The number of aliphatic imine (C=N–C) groups is 1. The smallest absolute Gasteiger partial charge is 0.305 e. The molecule has 0 saturated heterocycles. The van der Waals surface area contributed by atoms with E-state index in [1.165, 1.54) is 0 Å². The van der Waals surface area contributed by atoms with Gasteiger partial charge in [0.15, 0.2) is 16.7 Å². The molecule has 2 aliphatic rings. The van der Waals surface area contributed by atoms with Crippen molar-refractivity contribution in [2.75, 3.05) is 21.3 Å². The predicted molar refractivity (Wildman–Crippen MR) is 124 cm³/mol. The molecule has 172 valence electrons. The molecule has 2 aromatic carbocycles. The predicted octanol–water partition coefficient (Wildman–Crippen LogP) is 3.34. The lowest BCUT2D eigenvalue weighted by atomic mass is 9.98. The molecule has 2 atom stereocenters. The molecule has 0 aromatic heterocycles. The highest BCUT2D eigenvalue weighted by Crippen LogP contribution is 2.41. The molecule has 1 amide bonds. The summed E-state index contributed by atoms with van der Waals surface area (Å²) in [6.07, 6.45) is 0.263. The Morgan fingerprint density at radius 2 is 1.82 bits per heavy atom. The molecule has 1 N–H and O–H groups in total. The number of carbonyl (C=O) groups excluding carboxylic acids is 1. The Labute approximate surface area is 195 Å². The standard InChI is InChI=1S/C23H23N3O6S/c1-30-15-7-4-13(5-8-15)16-11-17(14-6-9-18(31-2)19(10-14)32-3)26(25-16)23-24-22(29)20(33-23)12-21(27)28/h4-10,17,20H,11-12H2,1-3H3,(H,27,28). The molecule has 9 nitrogen and oxygen atoms in total. The van der Waals surface area contributed by atoms with E-state index in [0.29, 0.717) is 23.1 Å². The highest BCUT2D eigenvalue weighted by Gasteiger charge is 2.39. The van der Waals surface area contributed by atoms with Crippen LogP contribution in [0.1, 0.15) is 30.0 Å². The normalized spacial score (nSPS) is 19.8. The van der Waals surface area contributed by atoms with Gasteiger partial charge in [-0.15, -0.1) is 0 Å². The van der Waals surface area contributed by atoms with Crippen LogP contribution in [0.4, 0.5) is 0 Å². The van der Waals surface area contributed by atoms with Crippen molar-refractivity contribution in [1.82, 2.24) is 5.01 Å². The van der Waals surface area contributed by atoms with E-state index < -0.39 is 17.1 Å². The maximum Gasteiger partial charge on any atom is 0.305 e. The Morgan fingerprint density at radius 3 is 2.45 bits per heavy atom. The minimum Gasteiger partial charge on any atom is -0.497 e. The molecule has 0 spiro atoms. The molecule has 33 heavy (non-hydrogen) atoms. The molecule has 0 saturated carbocycles. The number of carboxylic acid groups (broad SMARTS) is 1. The number of amidine groups is 1. The van der Waals surface area contributed by atoms with Crippen LogP contribution < -0.4 is 14.2 Å². The molecule has 0 fully saturated rings. The van der Waals surface area contributed by atoms with Crippen LogP contribution in [-0.4, -0.2) is 59.5 Å². The summed E-state index contributed by atoms with van der Waals surface area (Å²) in [7, 11) is 4.75. The number of thioether (sulfide) groups is 1. The molecule has 0 aliphatic carbocycles. The van der Waals surface area contributed by atoms with Crippen LogP contribution >= 0.6 is 11.8 Å². The van der Waals surface area contributed by atoms with Crippen LogP contribution in [-0.2, 0) is 9.59 Å². The number of aliphatic carboxylic acids is 1. The maximum atomic E-state index is 12.3. The fourth-order valence-corrected chi connectivity index (χ4v) is 4.78. The van der Waals surface area contributed by atoms with E-state index in [4.69, 9.17) is 24.4 Å². The monoisotopic (exact) mass is 469 g/mol. The molecular weight excluding hydrogens is 446 g/mol. The Kier molecular flexibility index (Phi) is 6.55. The summed E-state index contributed by atoms with van der Waals surface area (Å²) in [5.74, 6) is 0.415. The first-order valence-electron chi connectivity index (χ1n) is 10.2. The second-order valence-corrected chi connectivity index (χ2v) is 8.56. The molecule has 10 heteroatoms. The SMILES string of the molecule is COc1ccc(C2=NN(C3=NC(=O)C(CC(=O)O)S3)C(c3ccc(OC)c(OC)c3)C2)cc1. The van der Waals surface area contributed by atoms with Gasteiger partial charge in [0.2, 0.25) is 0 Å². The third-order valence-corrected chi connectivity index (χ3v) is 6.55. The fourth-order valence-electron chi connectivity index (χ4n) is 3.73. The van der Waals surface area contributed by atoms with Crippen molar-refractivity contribution < 1.29 is 28.9 Å². The van der Waals surface area contributed by atoms with E-state index >= 15 is 0 Å². The molecule has 0 radical (unpaired) electrons. The molecular formula is C23H23N3O6S. The lowest BCUT2D eigenvalue weighted by molar-refractivity contribution is -0.138. The van der Waals surface area contributed by atoms with Gasteiger partial charge in [-0.25, -0.2) is 5.01 Å². The summed E-state index contributed by atoms with van der Waals surface area (Å²) in [6, 6.07) is 12.9. The van der Waals surface area contributed by atoms with Gasteiger partial charge >= 0.3 is 5.97 Å². The van der Waals surface area contributed by atoms with Crippen LogP contribution in [0.25, 0.3) is 0 Å². The Hall–Kier alpha value is -3.53. The van der Waals surface area contributed by atoms with Crippen molar-refractivity contribution in [3.05, 3.63) is 53.6 Å². The maximum absolute atomic E-state index is 12.3. The van der Waals surface area contributed by atoms with Gasteiger partial charge in [0.25, 0.3) is 5.91 Å². The third kappa shape index (κ3) is 4.65. The van der Waals surface area contributed by atoms with Crippen molar-refractivity contribution in [3.63, 3.8) is 0 Å². The largest absolute Gasteiger partial charge is 0.497 e. The van der Waals surface area contributed by atoms with Crippen molar-refractivity contribution in [2.24, 2.45) is 10.1 Å². The number of ether oxygens (including phenoxy) is 3. The number of hydrazone groups is 1. The van der Waals surface area contributed by atoms with Gasteiger partial charge in [-0.2, -0.15) is 10.1 Å². The van der Waals surface area contributed by atoms with Gasteiger partial charge in [-0.05, 0) is 47.5 Å². The highest BCUT2D eigenvalue weighted by atomic mass is 32.2. The number of methoxy groups -OCH3 is 3. The first-order valence-corrected chi connectivity index (χ1v) is 11.1. The minimum atomic E-state index is -1.04. The second kappa shape index (κ2) is 9.53. The van der Waals surface area contributed by atoms with Crippen LogP contribution in [0.3, 0.4) is 0 Å². The lowest BCUT2D eigenvalue weighted by Crippen LogP contribution is -2.24. The number of nitrogens with zero attached hydrogens (tertiary/aromatic N) is 3. The van der Waals surface area contributed by atoms with Crippen LogP contribution in [0, 0.1) is 0 Å². The van der Waals surface area contributed by atoms with E-state index in [0.717, 1.165) is 34.3 Å². The first kappa shape index (κ1) is 22.7. The Bertz CT molecular complexity index is 1130. The summed E-state index contributed by atoms with van der Waals surface area (Å²) in [4.78, 5) is 27.6. The zero-order valence-corrected chi connectivity index (χ0v) is 19.2. The van der Waals surface area contributed by atoms with E-state index in [1.54, 1.807) is 26.3 Å². The summed E-state index contributed by atoms with van der Waals surface area (Å²) >= 11 is 1.13. The summed E-state index contributed by atoms with van der Waals surface area (Å²) in [5, 5.41) is 15.2. The lowest BCUT2D eigenvalue weighted by Gasteiger charge is -2.23. The van der Waals surface area contributed by atoms with Gasteiger partial charge < -0.3 is 19.3 Å². The molecule has 2 aromatic rings. The quantitative estimate of drug-likeness (QED) is 0.658. The Balaban J connectivity index is 1.70. The van der Waals surface area contributed by atoms with Crippen molar-refractivity contribution in [1.29, 1.82) is 0 Å².